The highest BCUT2D eigenvalue weighted by atomic mass is 16.1. The van der Waals surface area contributed by atoms with Crippen LogP contribution in [-0.2, 0) is 9.59 Å². The Kier molecular flexibility index (Phi) is 7.74. The smallest absolute Gasteiger partial charge is 0.181 e. The highest BCUT2D eigenvalue weighted by Crippen LogP contribution is 2.37. The molecule has 1 N–H and O–H groups in total. The second-order valence-electron chi connectivity index (χ2n) is 9.46. The molecule has 0 amide bonds. The van der Waals surface area contributed by atoms with Gasteiger partial charge in [0.2, 0.25) is 0 Å². The van der Waals surface area contributed by atoms with Gasteiger partial charge in [-0.3, -0.25) is 4.79 Å². The van der Waals surface area contributed by atoms with Crippen molar-refractivity contribution in [3.63, 3.8) is 0 Å². The van der Waals surface area contributed by atoms with E-state index < -0.39 is 0 Å². The van der Waals surface area contributed by atoms with Gasteiger partial charge in [-0.25, -0.2) is 0 Å². The van der Waals surface area contributed by atoms with Crippen molar-refractivity contribution in [2.45, 2.75) is 66.3 Å². The zero-order valence-corrected chi connectivity index (χ0v) is 19.8. The van der Waals surface area contributed by atoms with Gasteiger partial charge < -0.3 is 15.0 Å². The third kappa shape index (κ3) is 5.47. The van der Waals surface area contributed by atoms with E-state index in [2.05, 4.69) is 49.2 Å². The van der Waals surface area contributed by atoms with Crippen LogP contribution >= 0.6 is 0 Å². The summed E-state index contributed by atoms with van der Waals surface area (Å²) in [4.78, 5) is 25.4. The van der Waals surface area contributed by atoms with Crippen LogP contribution in [0.25, 0.3) is 0 Å². The summed E-state index contributed by atoms with van der Waals surface area (Å²) in [6.45, 7) is 12.4. The van der Waals surface area contributed by atoms with E-state index in [-0.39, 0.29) is 17.7 Å². The number of carbonyl (C=O) groups is 2. The first-order valence-corrected chi connectivity index (χ1v) is 11.8. The van der Waals surface area contributed by atoms with Crippen LogP contribution in [0.1, 0.15) is 58.9 Å². The number of benzene rings is 1. The van der Waals surface area contributed by atoms with Crippen LogP contribution in [0.15, 0.2) is 41.5 Å². The molecule has 1 aromatic rings. The highest BCUT2D eigenvalue weighted by molar-refractivity contribution is 6.05. The van der Waals surface area contributed by atoms with E-state index in [1.165, 1.54) is 36.9 Å². The van der Waals surface area contributed by atoms with Crippen molar-refractivity contribution in [3.8, 4) is 0 Å². The quantitative estimate of drug-likeness (QED) is 0.517. The summed E-state index contributed by atoms with van der Waals surface area (Å²) in [6, 6.07) is 6.70. The SMILES string of the molecule is CCN(CC[C@H]1CC[C@@H](C(C)C=O)C1)c1ccc(NC2C=CC(=O)C(C)=C2C)c(C)c1. The number of hydrogen-bond acceptors (Lipinski definition) is 4. The normalized spacial score (nSPS) is 24.4. The Morgan fingerprint density at radius 3 is 2.68 bits per heavy atom. The summed E-state index contributed by atoms with van der Waals surface area (Å²) in [5.74, 6) is 1.63. The number of hydrogen-bond donors (Lipinski definition) is 1. The largest absolute Gasteiger partial charge is 0.375 e. The molecule has 0 aliphatic heterocycles. The van der Waals surface area contributed by atoms with Crippen molar-refractivity contribution >= 4 is 23.4 Å². The van der Waals surface area contributed by atoms with Crippen molar-refractivity contribution in [1.29, 1.82) is 0 Å². The molecule has 1 aromatic carbocycles. The number of anilines is 2. The summed E-state index contributed by atoms with van der Waals surface area (Å²) >= 11 is 0. The molecule has 0 spiro atoms. The zero-order chi connectivity index (χ0) is 22.5. The van der Waals surface area contributed by atoms with E-state index in [9.17, 15) is 9.59 Å². The van der Waals surface area contributed by atoms with Gasteiger partial charge in [-0.2, -0.15) is 0 Å². The van der Waals surface area contributed by atoms with Crippen LogP contribution in [0.5, 0.6) is 0 Å². The lowest BCUT2D eigenvalue weighted by Crippen LogP contribution is -2.26. The van der Waals surface area contributed by atoms with Crippen LogP contribution in [0.2, 0.25) is 0 Å². The lowest BCUT2D eigenvalue weighted by molar-refractivity contribution is -0.112. The first kappa shape index (κ1) is 23.3. The Bertz CT molecular complexity index is 870. The van der Waals surface area contributed by atoms with Crippen LogP contribution in [-0.4, -0.2) is 31.2 Å². The average Bonchev–Trinajstić information content (AvgIpc) is 3.24. The molecule has 1 fully saturated rings. The van der Waals surface area contributed by atoms with Crippen molar-refractivity contribution in [3.05, 3.63) is 47.1 Å². The minimum absolute atomic E-state index is 0.0635. The molecule has 4 heteroatoms. The number of nitrogens with zero attached hydrogens (tertiary/aromatic N) is 1. The van der Waals surface area contributed by atoms with Gasteiger partial charge in [-0.1, -0.05) is 19.4 Å². The minimum atomic E-state index is 0.0635. The van der Waals surface area contributed by atoms with Crippen molar-refractivity contribution < 1.29 is 9.59 Å². The fourth-order valence-corrected chi connectivity index (χ4v) is 4.98. The number of aryl methyl sites for hydroxylation is 1. The van der Waals surface area contributed by atoms with Gasteiger partial charge in [-0.05, 0) is 99.8 Å². The maximum atomic E-state index is 11.9. The fraction of sp³-hybridized carbons (Fsp3) is 0.556. The molecule has 1 saturated carbocycles. The second kappa shape index (κ2) is 10.3. The molecular weight excluding hydrogens is 384 g/mol. The summed E-state index contributed by atoms with van der Waals surface area (Å²) < 4.78 is 0. The first-order chi connectivity index (χ1) is 14.8. The number of ketones is 1. The molecule has 168 valence electrons. The molecule has 0 aromatic heterocycles. The predicted molar refractivity (Wildman–Crippen MR) is 130 cm³/mol. The molecule has 31 heavy (non-hydrogen) atoms. The first-order valence-electron chi connectivity index (χ1n) is 11.8. The van der Waals surface area contributed by atoms with Gasteiger partial charge >= 0.3 is 0 Å². The Morgan fingerprint density at radius 1 is 1.23 bits per heavy atom. The Labute approximate surface area is 187 Å². The van der Waals surface area contributed by atoms with Crippen LogP contribution in [0, 0.1) is 24.7 Å². The maximum Gasteiger partial charge on any atom is 0.181 e. The van der Waals surface area contributed by atoms with Crippen LogP contribution < -0.4 is 10.2 Å². The molecule has 2 aliphatic carbocycles. The van der Waals surface area contributed by atoms with E-state index >= 15 is 0 Å². The lowest BCUT2D eigenvalue weighted by atomic mass is 9.92. The number of aldehydes is 1. The van der Waals surface area contributed by atoms with Crippen molar-refractivity contribution in [2.24, 2.45) is 17.8 Å². The summed E-state index contributed by atoms with van der Waals surface area (Å²) in [6.07, 6.45) is 9.60. The number of allylic oxidation sites excluding steroid dienone is 2. The van der Waals surface area contributed by atoms with Gasteiger partial charge in [0, 0.05) is 30.4 Å². The average molecular weight is 423 g/mol. The molecule has 4 nitrogen and oxygen atoms in total. The molecule has 0 saturated heterocycles. The minimum Gasteiger partial charge on any atom is -0.375 e. The number of carbonyl (C=O) groups excluding carboxylic acids is 2. The Balaban J connectivity index is 1.61. The van der Waals surface area contributed by atoms with E-state index in [0.717, 1.165) is 42.1 Å². The lowest BCUT2D eigenvalue weighted by Gasteiger charge is -2.27. The number of rotatable bonds is 9. The number of nitrogens with one attached hydrogen (secondary N) is 1. The van der Waals surface area contributed by atoms with E-state index in [0.29, 0.717) is 5.92 Å². The molecule has 2 aliphatic rings. The standard InChI is InChI=1S/C27H38N2O2/c1-6-29(14-13-22-7-8-23(16-22)19(3)17-30)24-9-10-25(18(2)15-24)28-26-11-12-27(31)21(5)20(26)4/h9-12,15,17,19,22-23,26,28H,6-8,13-14,16H2,1-5H3/t19?,22-,23-,26?/m1/s1. The van der Waals surface area contributed by atoms with E-state index in [1.54, 1.807) is 6.08 Å². The molecule has 3 rings (SSSR count). The van der Waals surface area contributed by atoms with Crippen molar-refractivity contribution in [1.82, 2.24) is 0 Å². The van der Waals surface area contributed by atoms with Gasteiger partial charge in [-0.15, -0.1) is 0 Å². The topological polar surface area (TPSA) is 49.4 Å². The summed E-state index contributed by atoms with van der Waals surface area (Å²) in [5.41, 5.74) is 5.51. The molecule has 0 radical (unpaired) electrons. The Morgan fingerprint density at radius 2 is 2.00 bits per heavy atom. The molecule has 4 atom stereocenters. The monoisotopic (exact) mass is 422 g/mol. The third-order valence-electron chi connectivity index (χ3n) is 7.48. The summed E-state index contributed by atoms with van der Waals surface area (Å²) in [5, 5.41) is 3.59. The fourth-order valence-electron chi connectivity index (χ4n) is 4.98. The molecule has 2 unspecified atom stereocenters. The summed E-state index contributed by atoms with van der Waals surface area (Å²) in [7, 11) is 0. The van der Waals surface area contributed by atoms with Crippen molar-refractivity contribution in [2.75, 3.05) is 23.3 Å². The zero-order valence-electron chi connectivity index (χ0n) is 19.8. The predicted octanol–water partition coefficient (Wildman–Crippen LogP) is 5.72. The van der Waals surface area contributed by atoms with Crippen LogP contribution in [0.4, 0.5) is 11.4 Å². The molecule has 0 heterocycles. The van der Waals surface area contributed by atoms with E-state index in [4.69, 9.17) is 0 Å². The van der Waals surface area contributed by atoms with Gasteiger partial charge in [0.05, 0.1) is 6.04 Å². The van der Waals surface area contributed by atoms with Gasteiger partial charge in [0.1, 0.15) is 6.29 Å². The highest BCUT2D eigenvalue weighted by Gasteiger charge is 2.28. The van der Waals surface area contributed by atoms with Gasteiger partial charge in [0.15, 0.2) is 5.78 Å². The second-order valence-corrected chi connectivity index (χ2v) is 9.46. The Hall–Kier alpha value is -2.36. The van der Waals surface area contributed by atoms with E-state index in [1.807, 2.05) is 19.9 Å². The third-order valence-corrected chi connectivity index (χ3v) is 7.48. The maximum absolute atomic E-state index is 11.9. The van der Waals surface area contributed by atoms with Crippen LogP contribution in [0.3, 0.4) is 0 Å². The molecule has 0 bridgehead atoms. The van der Waals surface area contributed by atoms with Gasteiger partial charge in [0.25, 0.3) is 0 Å². The molecular formula is C27H38N2O2.